The van der Waals surface area contributed by atoms with Gasteiger partial charge in [-0.1, -0.05) is 56.0 Å². The van der Waals surface area contributed by atoms with Crippen LogP contribution in [0.4, 0.5) is 0 Å². The normalized spacial score (nSPS) is 17.3. The Morgan fingerprint density at radius 3 is 2.79 bits per heavy atom. The number of ketones is 1. The Kier molecular flexibility index (Phi) is 2.83. The van der Waals surface area contributed by atoms with Crippen LogP contribution in [0.15, 0.2) is 49.0 Å². The lowest BCUT2D eigenvalue weighted by Gasteiger charge is -2.08. The van der Waals surface area contributed by atoms with E-state index >= 15 is 0 Å². The molecule has 0 amide bonds. The van der Waals surface area contributed by atoms with E-state index < -0.39 is 0 Å². The van der Waals surface area contributed by atoms with E-state index in [0.717, 1.165) is 28.7 Å². The molecule has 1 unspecified atom stereocenters. The lowest BCUT2D eigenvalue weighted by Crippen LogP contribution is -2.04. The third kappa shape index (κ3) is 1.91. The Morgan fingerprint density at radius 1 is 1.21 bits per heavy atom. The van der Waals surface area contributed by atoms with E-state index in [0.29, 0.717) is 0 Å². The lowest BCUT2D eigenvalue weighted by atomic mass is 9.95. The Morgan fingerprint density at radius 2 is 2.00 bits per heavy atom. The van der Waals surface area contributed by atoms with Gasteiger partial charge in [-0.3, -0.25) is 4.79 Å². The molecule has 0 aromatic heterocycles. The molecule has 0 heterocycles. The molecule has 0 spiro atoms. The van der Waals surface area contributed by atoms with Gasteiger partial charge in [0.05, 0.1) is 0 Å². The van der Waals surface area contributed by atoms with Crippen molar-refractivity contribution in [1.29, 1.82) is 0 Å². The molecule has 1 nitrogen and oxygen atoms in total. The van der Waals surface area contributed by atoms with Gasteiger partial charge in [0.1, 0.15) is 0 Å². The molecule has 0 saturated carbocycles. The van der Waals surface area contributed by atoms with Crippen molar-refractivity contribution in [3.05, 3.63) is 65.7 Å². The van der Waals surface area contributed by atoms with Crippen LogP contribution in [0, 0.1) is 5.92 Å². The second-order valence-corrected chi connectivity index (χ2v) is 5.14. The van der Waals surface area contributed by atoms with Crippen molar-refractivity contribution in [3.63, 3.8) is 0 Å². The topological polar surface area (TPSA) is 17.1 Å². The summed E-state index contributed by atoms with van der Waals surface area (Å²) in [5.41, 5.74) is 5.32. The summed E-state index contributed by atoms with van der Waals surface area (Å²) >= 11 is 0. The number of fused-ring (bicyclic) bond motifs is 1. The van der Waals surface area contributed by atoms with Crippen LogP contribution in [0.1, 0.15) is 28.4 Å². The highest BCUT2D eigenvalue weighted by Crippen LogP contribution is 2.35. The average Bonchev–Trinajstić information content (AvgIpc) is 2.74. The second kappa shape index (κ2) is 4.51. The van der Waals surface area contributed by atoms with Crippen LogP contribution >= 0.6 is 0 Å². The van der Waals surface area contributed by atoms with Crippen molar-refractivity contribution in [1.82, 2.24) is 0 Å². The van der Waals surface area contributed by atoms with Gasteiger partial charge in [0.2, 0.25) is 0 Å². The Hall–Kier alpha value is -2.15. The summed E-state index contributed by atoms with van der Waals surface area (Å²) in [4.78, 5) is 12.3. The van der Waals surface area contributed by atoms with Crippen molar-refractivity contribution < 1.29 is 4.79 Å². The van der Waals surface area contributed by atoms with Crippen molar-refractivity contribution in [3.8, 4) is 11.1 Å². The summed E-state index contributed by atoms with van der Waals surface area (Å²) in [6, 6.07) is 14.3. The fraction of sp³-hybridized carbons (Fsp3) is 0.167. The highest BCUT2D eigenvalue weighted by atomic mass is 16.1. The van der Waals surface area contributed by atoms with Crippen molar-refractivity contribution in [2.45, 2.75) is 13.3 Å². The van der Waals surface area contributed by atoms with Crippen LogP contribution in [0.25, 0.3) is 17.2 Å². The molecule has 19 heavy (non-hydrogen) atoms. The Bertz CT molecular complexity index is 667. The molecular weight excluding hydrogens is 232 g/mol. The molecule has 0 radical (unpaired) electrons. The van der Waals surface area contributed by atoms with Crippen LogP contribution in [0.5, 0.6) is 0 Å². The number of carbonyl (C=O) groups excluding carboxylic acids is 1. The molecule has 0 fully saturated rings. The first-order valence-corrected chi connectivity index (χ1v) is 6.59. The van der Waals surface area contributed by atoms with E-state index in [-0.39, 0.29) is 11.7 Å². The van der Waals surface area contributed by atoms with Crippen molar-refractivity contribution in [2.75, 3.05) is 0 Å². The molecule has 0 saturated heterocycles. The second-order valence-electron chi connectivity index (χ2n) is 5.14. The van der Waals surface area contributed by atoms with Gasteiger partial charge >= 0.3 is 0 Å². The number of benzene rings is 2. The molecule has 94 valence electrons. The lowest BCUT2D eigenvalue weighted by molar-refractivity contribution is 0.0947. The summed E-state index contributed by atoms with van der Waals surface area (Å²) < 4.78 is 0. The van der Waals surface area contributed by atoms with Crippen LogP contribution in [0.3, 0.4) is 0 Å². The molecule has 0 bridgehead atoms. The molecular formula is C18H16O. The van der Waals surface area contributed by atoms with Crippen LogP contribution in [-0.2, 0) is 6.42 Å². The van der Waals surface area contributed by atoms with Gasteiger partial charge in [-0.05, 0) is 34.7 Å². The molecule has 1 heteroatoms. The maximum Gasteiger partial charge on any atom is 0.166 e. The molecule has 1 aliphatic rings. The summed E-state index contributed by atoms with van der Waals surface area (Å²) in [5, 5.41) is 0. The first-order valence-electron chi connectivity index (χ1n) is 6.59. The van der Waals surface area contributed by atoms with E-state index in [9.17, 15) is 4.79 Å². The molecule has 2 aromatic carbocycles. The zero-order valence-electron chi connectivity index (χ0n) is 11.0. The molecule has 1 aliphatic carbocycles. The van der Waals surface area contributed by atoms with E-state index in [2.05, 4.69) is 24.8 Å². The molecule has 0 aliphatic heterocycles. The maximum atomic E-state index is 12.3. The minimum absolute atomic E-state index is 0.110. The third-order valence-electron chi connectivity index (χ3n) is 3.80. The number of Topliss-reactive ketones (excluding diaryl/α,β-unsaturated/α-hetero) is 1. The van der Waals surface area contributed by atoms with E-state index in [1.165, 1.54) is 5.56 Å². The largest absolute Gasteiger partial charge is 0.294 e. The number of carbonyl (C=O) groups is 1. The minimum atomic E-state index is 0.110. The van der Waals surface area contributed by atoms with E-state index in [4.69, 9.17) is 0 Å². The monoisotopic (exact) mass is 248 g/mol. The minimum Gasteiger partial charge on any atom is -0.294 e. The van der Waals surface area contributed by atoms with Gasteiger partial charge in [0.15, 0.2) is 5.78 Å². The third-order valence-corrected chi connectivity index (χ3v) is 3.80. The van der Waals surface area contributed by atoms with Crippen molar-refractivity contribution in [2.24, 2.45) is 5.92 Å². The van der Waals surface area contributed by atoms with Gasteiger partial charge < -0.3 is 0 Å². The fourth-order valence-corrected chi connectivity index (χ4v) is 2.80. The smallest absolute Gasteiger partial charge is 0.166 e. The molecule has 3 rings (SSSR count). The average molecular weight is 248 g/mol. The van der Waals surface area contributed by atoms with Gasteiger partial charge in [-0.25, -0.2) is 0 Å². The number of hydrogen-bond acceptors (Lipinski definition) is 1. The Labute approximate surface area is 113 Å². The molecule has 0 N–H and O–H groups in total. The predicted molar refractivity (Wildman–Crippen MR) is 79.2 cm³/mol. The van der Waals surface area contributed by atoms with E-state index in [1.54, 1.807) is 0 Å². The van der Waals surface area contributed by atoms with Crippen molar-refractivity contribution >= 4 is 11.9 Å². The summed E-state index contributed by atoms with van der Waals surface area (Å²) in [5.74, 6) is 0.383. The van der Waals surface area contributed by atoms with Gasteiger partial charge in [0.25, 0.3) is 0 Å². The highest BCUT2D eigenvalue weighted by Gasteiger charge is 2.29. The summed E-state index contributed by atoms with van der Waals surface area (Å²) in [6.45, 7) is 5.80. The summed E-state index contributed by atoms with van der Waals surface area (Å²) in [6.07, 6.45) is 2.69. The quantitative estimate of drug-likeness (QED) is 0.771. The van der Waals surface area contributed by atoms with Gasteiger partial charge in [-0.15, -0.1) is 0 Å². The number of rotatable bonds is 2. The Balaban J connectivity index is 2.19. The van der Waals surface area contributed by atoms with E-state index in [1.807, 2.05) is 37.3 Å². The predicted octanol–water partition coefficient (Wildman–Crippen LogP) is 4.37. The summed E-state index contributed by atoms with van der Waals surface area (Å²) in [7, 11) is 0. The van der Waals surface area contributed by atoms with Crippen LogP contribution in [-0.4, -0.2) is 5.78 Å². The van der Waals surface area contributed by atoms with Gasteiger partial charge in [-0.2, -0.15) is 0 Å². The van der Waals surface area contributed by atoms with Gasteiger partial charge in [0, 0.05) is 11.5 Å². The maximum absolute atomic E-state index is 12.3. The molecule has 1 atom stereocenters. The zero-order valence-corrected chi connectivity index (χ0v) is 11.0. The van der Waals surface area contributed by atoms with Crippen LogP contribution < -0.4 is 0 Å². The number of hydrogen-bond donors (Lipinski definition) is 0. The first kappa shape index (κ1) is 11.9. The SMILES string of the molecule is C=Cc1cccc(-c2cccc3c2C(=O)C(C)C3)c1. The fourth-order valence-electron chi connectivity index (χ4n) is 2.80. The zero-order chi connectivity index (χ0) is 13.4. The standard InChI is InChI=1S/C18H16O/c1-3-13-6-4-7-14(11-13)16-9-5-8-15-10-12(2)18(19)17(15)16/h3-9,11-12H,1,10H2,2H3. The molecule has 2 aromatic rings. The first-order chi connectivity index (χ1) is 9.20. The highest BCUT2D eigenvalue weighted by molar-refractivity contribution is 6.07. The van der Waals surface area contributed by atoms with Crippen LogP contribution in [0.2, 0.25) is 0 Å².